The van der Waals surface area contributed by atoms with Gasteiger partial charge in [0.15, 0.2) is 5.96 Å². The first kappa shape index (κ1) is 19.4. The van der Waals surface area contributed by atoms with Crippen molar-refractivity contribution in [1.82, 2.24) is 15.1 Å². The second kappa shape index (κ2) is 9.56. The second-order valence-electron chi connectivity index (χ2n) is 7.75. The van der Waals surface area contributed by atoms with E-state index in [0.717, 1.165) is 38.6 Å². The van der Waals surface area contributed by atoms with Crippen LogP contribution in [0.15, 0.2) is 59.6 Å². The lowest BCUT2D eigenvalue weighted by Gasteiger charge is -2.22. The molecule has 0 bridgehead atoms. The summed E-state index contributed by atoms with van der Waals surface area (Å²) in [5, 5.41) is 3.54. The van der Waals surface area contributed by atoms with Crippen LogP contribution in [0, 0.1) is 5.92 Å². The Morgan fingerprint density at radius 3 is 2.41 bits per heavy atom. The maximum atomic E-state index is 4.51. The van der Waals surface area contributed by atoms with Crippen LogP contribution in [-0.2, 0) is 19.5 Å². The largest absolute Gasteiger partial charge is 0.352 e. The molecular formula is C23H32N4. The van der Waals surface area contributed by atoms with Crippen LogP contribution in [0.3, 0.4) is 0 Å². The van der Waals surface area contributed by atoms with Crippen LogP contribution in [0.2, 0.25) is 0 Å². The molecular weight excluding hydrogens is 332 g/mol. The lowest BCUT2D eigenvalue weighted by Crippen LogP contribution is -2.39. The maximum absolute atomic E-state index is 4.51. The van der Waals surface area contributed by atoms with Gasteiger partial charge in [-0.05, 0) is 49.5 Å². The van der Waals surface area contributed by atoms with E-state index in [0.29, 0.717) is 5.92 Å². The first-order valence-corrected chi connectivity index (χ1v) is 9.86. The van der Waals surface area contributed by atoms with Gasteiger partial charge in [-0.25, -0.2) is 0 Å². The van der Waals surface area contributed by atoms with Gasteiger partial charge in [-0.1, -0.05) is 54.6 Å². The van der Waals surface area contributed by atoms with E-state index in [4.69, 9.17) is 0 Å². The molecule has 0 aliphatic carbocycles. The number of benzene rings is 2. The molecule has 0 amide bonds. The SMILES string of the molecule is CN=C(NCc1ccc(CN(C)C)cc1)N1CCC(Cc2ccccc2)C1. The molecule has 0 radical (unpaired) electrons. The highest BCUT2D eigenvalue weighted by Crippen LogP contribution is 2.21. The Morgan fingerprint density at radius 2 is 1.74 bits per heavy atom. The molecule has 2 aromatic rings. The number of aliphatic imine (C=N–C) groups is 1. The molecule has 0 spiro atoms. The number of guanidine groups is 1. The number of rotatable bonds is 6. The van der Waals surface area contributed by atoms with Gasteiger partial charge in [0.1, 0.15) is 0 Å². The molecule has 1 aliphatic rings. The standard InChI is InChI=1S/C23H32N4/c1-24-23(25-16-20-9-11-21(12-10-20)17-26(2)3)27-14-13-22(18-27)15-19-7-5-4-6-8-19/h4-12,22H,13-18H2,1-3H3,(H,24,25). The zero-order valence-corrected chi connectivity index (χ0v) is 16.9. The molecule has 1 N–H and O–H groups in total. The molecule has 1 fully saturated rings. The van der Waals surface area contributed by atoms with Gasteiger partial charge in [0.2, 0.25) is 0 Å². The summed E-state index contributed by atoms with van der Waals surface area (Å²) in [4.78, 5) is 9.09. The van der Waals surface area contributed by atoms with Crippen LogP contribution in [-0.4, -0.2) is 50.0 Å². The highest BCUT2D eigenvalue weighted by atomic mass is 15.3. The molecule has 1 heterocycles. The van der Waals surface area contributed by atoms with Gasteiger partial charge in [0, 0.05) is 33.2 Å². The first-order valence-electron chi connectivity index (χ1n) is 9.86. The van der Waals surface area contributed by atoms with Gasteiger partial charge in [0.25, 0.3) is 0 Å². The first-order chi connectivity index (χ1) is 13.1. The van der Waals surface area contributed by atoms with E-state index in [1.54, 1.807) is 0 Å². The molecule has 1 unspecified atom stereocenters. The molecule has 4 nitrogen and oxygen atoms in total. The van der Waals surface area contributed by atoms with Gasteiger partial charge in [-0.2, -0.15) is 0 Å². The number of hydrogen-bond acceptors (Lipinski definition) is 2. The third-order valence-corrected chi connectivity index (χ3v) is 5.14. The van der Waals surface area contributed by atoms with Crippen LogP contribution in [0.25, 0.3) is 0 Å². The average molecular weight is 365 g/mol. The predicted molar refractivity (Wildman–Crippen MR) is 114 cm³/mol. The molecule has 2 aromatic carbocycles. The van der Waals surface area contributed by atoms with Crippen molar-refractivity contribution in [2.45, 2.75) is 25.9 Å². The quantitative estimate of drug-likeness (QED) is 0.630. The summed E-state index contributed by atoms with van der Waals surface area (Å²) in [6.45, 7) is 3.95. The Kier molecular flexibility index (Phi) is 6.88. The van der Waals surface area contributed by atoms with E-state index in [2.05, 4.69) is 88.8 Å². The van der Waals surface area contributed by atoms with Gasteiger partial charge >= 0.3 is 0 Å². The van der Waals surface area contributed by atoms with E-state index in [9.17, 15) is 0 Å². The highest BCUT2D eigenvalue weighted by Gasteiger charge is 2.24. The van der Waals surface area contributed by atoms with Crippen molar-refractivity contribution in [2.24, 2.45) is 10.9 Å². The second-order valence-corrected chi connectivity index (χ2v) is 7.75. The van der Waals surface area contributed by atoms with Gasteiger partial charge < -0.3 is 15.1 Å². The lowest BCUT2D eigenvalue weighted by molar-refractivity contribution is 0.402. The minimum atomic E-state index is 0.705. The topological polar surface area (TPSA) is 30.9 Å². The van der Waals surface area contributed by atoms with Crippen molar-refractivity contribution in [3.8, 4) is 0 Å². The zero-order valence-electron chi connectivity index (χ0n) is 16.9. The Morgan fingerprint density at radius 1 is 1.04 bits per heavy atom. The maximum Gasteiger partial charge on any atom is 0.193 e. The van der Waals surface area contributed by atoms with Crippen LogP contribution < -0.4 is 5.32 Å². The number of nitrogens with zero attached hydrogens (tertiary/aromatic N) is 3. The Labute approximate surface area is 163 Å². The normalized spacial score (nSPS) is 17.6. The fourth-order valence-corrected chi connectivity index (χ4v) is 3.78. The molecule has 1 saturated heterocycles. The van der Waals surface area contributed by atoms with Gasteiger partial charge in [-0.15, -0.1) is 0 Å². The summed E-state index contributed by atoms with van der Waals surface area (Å²) in [5.41, 5.74) is 4.07. The predicted octanol–water partition coefficient (Wildman–Crippen LogP) is 3.39. The monoisotopic (exact) mass is 364 g/mol. The minimum Gasteiger partial charge on any atom is -0.352 e. The third-order valence-electron chi connectivity index (χ3n) is 5.14. The summed E-state index contributed by atoms with van der Waals surface area (Å²) < 4.78 is 0. The van der Waals surface area contributed by atoms with E-state index in [-0.39, 0.29) is 0 Å². The van der Waals surface area contributed by atoms with E-state index >= 15 is 0 Å². The van der Waals surface area contributed by atoms with E-state index in [1.165, 1.54) is 23.1 Å². The van der Waals surface area contributed by atoms with E-state index in [1.807, 2.05) is 7.05 Å². The van der Waals surface area contributed by atoms with Crippen molar-refractivity contribution in [1.29, 1.82) is 0 Å². The molecule has 27 heavy (non-hydrogen) atoms. The Balaban J connectivity index is 1.49. The highest BCUT2D eigenvalue weighted by molar-refractivity contribution is 5.80. The average Bonchev–Trinajstić information content (AvgIpc) is 3.12. The third kappa shape index (κ3) is 5.83. The van der Waals surface area contributed by atoms with Crippen LogP contribution in [0.4, 0.5) is 0 Å². The molecule has 3 rings (SSSR count). The van der Waals surface area contributed by atoms with Crippen LogP contribution >= 0.6 is 0 Å². The smallest absolute Gasteiger partial charge is 0.193 e. The number of nitrogens with one attached hydrogen (secondary N) is 1. The number of hydrogen-bond donors (Lipinski definition) is 1. The molecule has 144 valence electrons. The fraction of sp³-hybridized carbons (Fsp3) is 0.435. The lowest BCUT2D eigenvalue weighted by atomic mass is 9.99. The Hall–Kier alpha value is -2.33. The zero-order chi connectivity index (χ0) is 19.1. The van der Waals surface area contributed by atoms with Crippen LogP contribution in [0.1, 0.15) is 23.1 Å². The molecule has 4 heteroatoms. The van der Waals surface area contributed by atoms with Crippen molar-refractivity contribution < 1.29 is 0 Å². The summed E-state index contributed by atoms with van der Waals surface area (Å²) in [7, 11) is 6.08. The number of likely N-dealkylation sites (tertiary alicyclic amines) is 1. The molecule has 1 aliphatic heterocycles. The molecule has 1 atom stereocenters. The summed E-state index contributed by atoms with van der Waals surface area (Å²) in [6, 6.07) is 19.7. The van der Waals surface area contributed by atoms with Crippen molar-refractivity contribution >= 4 is 5.96 Å². The Bertz CT molecular complexity index is 722. The summed E-state index contributed by atoms with van der Waals surface area (Å²) in [5.74, 6) is 1.72. The van der Waals surface area contributed by atoms with Crippen molar-refractivity contribution in [3.63, 3.8) is 0 Å². The molecule has 0 saturated carbocycles. The summed E-state index contributed by atoms with van der Waals surface area (Å²) in [6.07, 6.45) is 2.39. The van der Waals surface area contributed by atoms with Crippen molar-refractivity contribution in [3.05, 3.63) is 71.3 Å². The van der Waals surface area contributed by atoms with Crippen molar-refractivity contribution in [2.75, 3.05) is 34.2 Å². The fourth-order valence-electron chi connectivity index (χ4n) is 3.78. The minimum absolute atomic E-state index is 0.705. The van der Waals surface area contributed by atoms with Gasteiger partial charge in [0.05, 0.1) is 0 Å². The molecule has 0 aromatic heterocycles. The summed E-state index contributed by atoms with van der Waals surface area (Å²) >= 11 is 0. The van der Waals surface area contributed by atoms with Gasteiger partial charge in [-0.3, -0.25) is 4.99 Å². The van der Waals surface area contributed by atoms with Crippen LogP contribution in [0.5, 0.6) is 0 Å². The van der Waals surface area contributed by atoms with E-state index < -0.39 is 0 Å².